The molecule has 0 saturated carbocycles. The first-order valence-corrected chi connectivity index (χ1v) is 11.7. The number of hydrogen-bond acceptors (Lipinski definition) is 5. The van der Waals surface area contributed by atoms with Crippen LogP contribution in [0.5, 0.6) is 5.75 Å². The van der Waals surface area contributed by atoms with Crippen LogP contribution in [-0.2, 0) is 6.42 Å². The molecule has 1 amide bonds. The van der Waals surface area contributed by atoms with Gasteiger partial charge in [0.1, 0.15) is 23.1 Å². The highest BCUT2D eigenvalue weighted by atomic mass is 16.5. The Bertz CT molecular complexity index is 1290. The Labute approximate surface area is 200 Å². The minimum Gasteiger partial charge on any atom is -0.489 e. The van der Waals surface area contributed by atoms with E-state index in [1.54, 1.807) is 24.3 Å². The lowest BCUT2D eigenvalue weighted by atomic mass is 10.1. The number of rotatable bonds is 6. The number of piperidine rings is 1. The highest BCUT2D eigenvalue weighted by Crippen LogP contribution is 2.29. The van der Waals surface area contributed by atoms with Crippen LogP contribution < -0.4 is 15.7 Å². The summed E-state index contributed by atoms with van der Waals surface area (Å²) in [5, 5.41) is 3.43. The van der Waals surface area contributed by atoms with Gasteiger partial charge in [0, 0.05) is 23.1 Å². The number of amides is 1. The number of aryl methyl sites for hydroxylation is 1. The van der Waals surface area contributed by atoms with Gasteiger partial charge in [-0.3, -0.25) is 4.79 Å². The van der Waals surface area contributed by atoms with Gasteiger partial charge in [-0.25, -0.2) is 4.79 Å². The van der Waals surface area contributed by atoms with Crippen LogP contribution in [0.2, 0.25) is 0 Å². The summed E-state index contributed by atoms with van der Waals surface area (Å²) in [6, 6.07) is 13.8. The molecule has 1 aliphatic heterocycles. The number of likely N-dealkylation sites (tertiary alicyclic amines) is 1. The van der Waals surface area contributed by atoms with Crippen molar-refractivity contribution in [1.82, 2.24) is 4.90 Å². The molecule has 1 aliphatic rings. The third-order valence-electron chi connectivity index (χ3n) is 6.08. The van der Waals surface area contributed by atoms with Gasteiger partial charge in [0.15, 0.2) is 0 Å². The fourth-order valence-corrected chi connectivity index (χ4v) is 4.20. The molecule has 1 saturated heterocycles. The van der Waals surface area contributed by atoms with Gasteiger partial charge in [-0.1, -0.05) is 17.7 Å². The lowest BCUT2D eigenvalue weighted by molar-refractivity contribution is 0.102. The van der Waals surface area contributed by atoms with Crippen molar-refractivity contribution in [2.45, 2.75) is 46.1 Å². The summed E-state index contributed by atoms with van der Waals surface area (Å²) in [5.41, 5.74) is 3.35. The first-order chi connectivity index (χ1) is 16.3. The number of allylic oxidation sites excluding steroid dienone is 2. The number of fused-ring (bicyclic) bond motifs is 1. The predicted octanol–water partition coefficient (Wildman–Crippen LogP) is 5.14. The maximum atomic E-state index is 12.8. The van der Waals surface area contributed by atoms with Crippen molar-refractivity contribution in [2.75, 3.05) is 25.5 Å². The fourth-order valence-electron chi connectivity index (χ4n) is 4.20. The highest BCUT2D eigenvalue weighted by Gasteiger charge is 2.20. The summed E-state index contributed by atoms with van der Waals surface area (Å²) in [6.45, 7) is 7.90. The summed E-state index contributed by atoms with van der Waals surface area (Å²) in [5.74, 6) is 0.356. The van der Waals surface area contributed by atoms with Crippen LogP contribution in [0.3, 0.4) is 0 Å². The number of likely N-dealkylation sites (N-methyl/N-ethyl adjacent to an activating group) is 1. The van der Waals surface area contributed by atoms with E-state index in [2.05, 4.69) is 29.4 Å². The molecular weight excluding hydrogens is 428 g/mol. The molecule has 1 aromatic heterocycles. The largest absolute Gasteiger partial charge is 0.489 e. The maximum Gasteiger partial charge on any atom is 0.360 e. The molecule has 1 radical (unpaired) electrons. The minimum absolute atomic E-state index is 0.109. The Balaban J connectivity index is 1.54. The second kappa shape index (κ2) is 10.3. The average Bonchev–Trinajstić information content (AvgIpc) is 2.81. The number of ether oxygens (including phenoxy) is 1. The molecule has 1 atom stereocenters. The first kappa shape index (κ1) is 23.8. The molecule has 1 unspecified atom stereocenters. The number of carbonyl (C=O) groups excluding carboxylic acids is 1. The molecular formula is C28H31N2O4. The highest BCUT2D eigenvalue weighted by molar-refractivity contribution is 6.05. The molecule has 34 heavy (non-hydrogen) atoms. The zero-order chi connectivity index (χ0) is 24.2. The van der Waals surface area contributed by atoms with E-state index in [-0.39, 0.29) is 17.7 Å². The van der Waals surface area contributed by atoms with Crippen molar-refractivity contribution in [2.24, 2.45) is 0 Å². The number of nitrogens with one attached hydrogen (secondary N) is 1. The van der Waals surface area contributed by atoms with Gasteiger partial charge in [0.25, 0.3) is 5.91 Å². The average molecular weight is 460 g/mol. The Morgan fingerprint density at radius 1 is 1.29 bits per heavy atom. The number of nitrogens with zero attached hydrogens (tertiary/aromatic N) is 1. The maximum absolute atomic E-state index is 12.8. The van der Waals surface area contributed by atoms with E-state index in [1.807, 2.05) is 32.9 Å². The number of benzene rings is 2. The van der Waals surface area contributed by atoms with Crippen LogP contribution in [0.15, 0.2) is 57.3 Å². The molecule has 0 aliphatic carbocycles. The third-order valence-corrected chi connectivity index (χ3v) is 6.08. The lowest BCUT2D eigenvalue weighted by Crippen LogP contribution is -2.38. The summed E-state index contributed by atoms with van der Waals surface area (Å²) in [4.78, 5) is 27.8. The van der Waals surface area contributed by atoms with Crippen molar-refractivity contribution >= 4 is 22.6 Å². The topological polar surface area (TPSA) is 71.8 Å². The zero-order valence-electron chi connectivity index (χ0n) is 20.2. The zero-order valence-corrected chi connectivity index (χ0v) is 20.2. The van der Waals surface area contributed by atoms with E-state index in [9.17, 15) is 9.59 Å². The van der Waals surface area contributed by atoms with Crippen molar-refractivity contribution in [3.63, 3.8) is 0 Å². The van der Waals surface area contributed by atoms with Crippen LogP contribution >= 0.6 is 0 Å². The van der Waals surface area contributed by atoms with Gasteiger partial charge in [0.05, 0.1) is 0 Å². The molecule has 6 heteroatoms. The molecule has 4 rings (SSSR count). The summed E-state index contributed by atoms with van der Waals surface area (Å²) < 4.78 is 11.8. The summed E-state index contributed by atoms with van der Waals surface area (Å²) in [7, 11) is 2.09. The molecule has 0 bridgehead atoms. The molecule has 1 N–H and O–H groups in total. The van der Waals surface area contributed by atoms with Gasteiger partial charge in [-0.2, -0.15) is 0 Å². The Morgan fingerprint density at radius 3 is 2.88 bits per heavy atom. The van der Waals surface area contributed by atoms with Crippen molar-refractivity contribution in [1.29, 1.82) is 0 Å². The van der Waals surface area contributed by atoms with Crippen LogP contribution in [0.4, 0.5) is 5.69 Å². The SMILES string of the molecule is CC(C)=CCc1[c]ccc(C(=O)Nc2cc3ccc(OC4CCCN(C)C4)c(C)c3oc2=O)c1. The Hall–Kier alpha value is -3.38. The van der Waals surface area contributed by atoms with E-state index in [4.69, 9.17) is 9.15 Å². The Kier molecular flexibility index (Phi) is 7.17. The third kappa shape index (κ3) is 5.57. The molecule has 3 aromatic rings. The molecule has 6 nitrogen and oxygen atoms in total. The number of carbonyl (C=O) groups is 1. The van der Waals surface area contributed by atoms with E-state index >= 15 is 0 Å². The van der Waals surface area contributed by atoms with Crippen LogP contribution in [-0.4, -0.2) is 37.0 Å². The molecule has 2 heterocycles. The normalized spacial score (nSPS) is 16.3. The smallest absolute Gasteiger partial charge is 0.360 e. The van der Waals surface area contributed by atoms with Crippen LogP contribution in [0.25, 0.3) is 11.0 Å². The molecule has 1 fully saturated rings. The van der Waals surface area contributed by atoms with E-state index in [0.29, 0.717) is 17.6 Å². The van der Waals surface area contributed by atoms with Crippen LogP contribution in [0, 0.1) is 13.0 Å². The quantitative estimate of drug-likeness (QED) is 0.408. The lowest BCUT2D eigenvalue weighted by Gasteiger charge is -2.30. The second-order valence-corrected chi connectivity index (χ2v) is 9.24. The van der Waals surface area contributed by atoms with Crippen molar-refractivity contribution in [3.05, 3.63) is 81.2 Å². The number of hydrogen-bond donors (Lipinski definition) is 1. The minimum atomic E-state index is -0.592. The predicted molar refractivity (Wildman–Crippen MR) is 135 cm³/mol. The fraction of sp³-hybridized carbons (Fsp3) is 0.357. The molecule has 177 valence electrons. The van der Waals surface area contributed by atoms with Gasteiger partial charge < -0.3 is 19.4 Å². The first-order valence-electron chi connectivity index (χ1n) is 11.7. The van der Waals surface area contributed by atoms with E-state index < -0.39 is 5.63 Å². The standard InChI is InChI=1S/C28H31N2O4/c1-18(2)10-11-20-7-5-8-22(15-20)27(31)29-24-16-21-12-13-25(19(3)26(21)34-28(24)32)33-23-9-6-14-30(4)17-23/h5,8,10,12-13,15-16,23H,6,9,11,14,17H2,1-4H3,(H,29,31). The van der Waals surface area contributed by atoms with Gasteiger partial charge in [0.2, 0.25) is 0 Å². The van der Waals surface area contributed by atoms with Gasteiger partial charge in [-0.05, 0) is 95.6 Å². The number of anilines is 1. The second-order valence-electron chi connectivity index (χ2n) is 9.24. The van der Waals surface area contributed by atoms with E-state index in [0.717, 1.165) is 48.2 Å². The van der Waals surface area contributed by atoms with E-state index in [1.165, 1.54) is 5.57 Å². The van der Waals surface area contributed by atoms with Crippen LogP contribution in [0.1, 0.15) is 48.2 Å². The summed E-state index contributed by atoms with van der Waals surface area (Å²) in [6.07, 6.45) is 5.00. The van der Waals surface area contributed by atoms with Gasteiger partial charge in [-0.15, -0.1) is 0 Å². The Morgan fingerprint density at radius 2 is 2.12 bits per heavy atom. The monoisotopic (exact) mass is 459 g/mol. The van der Waals surface area contributed by atoms with Crippen molar-refractivity contribution in [3.8, 4) is 5.75 Å². The van der Waals surface area contributed by atoms with Crippen molar-refractivity contribution < 1.29 is 13.9 Å². The summed E-state index contributed by atoms with van der Waals surface area (Å²) >= 11 is 0. The molecule has 2 aromatic carbocycles. The molecule has 0 spiro atoms. The van der Waals surface area contributed by atoms with Gasteiger partial charge >= 0.3 is 5.63 Å².